The van der Waals surface area contributed by atoms with Gasteiger partial charge in [-0.1, -0.05) is 48.0 Å². The van der Waals surface area contributed by atoms with Crippen molar-refractivity contribution in [3.8, 4) is 0 Å². The van der Waals surface area contributed by atoms with Crippen LogP contribution in [-0.2, 0) is 26.5 Å². The third-order valence-electron chi connectivity index (χ3n) is 6.35. The third kappa shape index (κ3) is 4.92. The molecule has 0 saturated carbocycles. The summed E-state index contributed by atoms with van der Waals surface area (Å²) in [5.74, 6) is -0.833. The lowest BCUT2D eigenvalue weighted by Crippen LogP contribution is -2.48. The molecule has 0 radical (unpaired) electrons. The van der Waals surface area contributed by atoms with E-state index < -0.39 is 5.97 Å². The molecular formula is C24H27ClN2O4. The second-order valence-corrected chi connectivity index (χ2v) is 8.67. The molecule has 2 N–H and O–H groups in total. The monoisotopic (exact) mass is 442 g/mol. The van der Waals surface area contributed by atoms with Gasteiger partial charge in [0.15, 0.2) is 0 Å². The summed E-state index contributed by atoms with van der Waals surface area (Å²) in [6.07, 6.45) is 2.00. The number of carboxylic acid groups (broad SMARTS) is 1. The molecule has 1 fully saturated rings. The molecule has 0 aliphatic carbocycles. The minimum absolute atomic E-state index is 0.0235. The van der Waals surface area contributed by atoms with Gasteiger partial charge in [0.1, 0.15) is 0 Å². The Labute approximate surface area is 187 Å². The van der Waals surface area contributed by atoms with Gasteiger partial charge in [-0.15, -0.1) is 0 Å². The van der Waals surface area contributed by atoms with Gasteiger partial charge < -0.3 is 20.1 Å². The summed E-state index contributed by atoms with van der Waals surface area (Å²) in [5.41, 5.74) is 3.16. The lowest BCUT2D eigenvalue weighted by Gasteiger charge is -2.39. The number of fused-ring (bicyclic) bond motifs is 2. The van der Waals surface area contributed by atoms with Crippen molar-refractivity contribution in [1.82, 2.24) is 10.2 Å². The minimum Gasteiger partial charge on any atom is -0.481 e. The topological polar surface area (TPSA) is 78.9 Å². The van der Waals surface area contributed by atoms with Crippen LogP contribution in [-0.4, -0.2) is 41.5 Å². The average Bonchev–Trinajstić information content (AvgIpc) is 3.13. The summed E-state index contributed by atoms with van der Waals surface area (Å²) in [4.78, 5) is 25.8. The van der Waals surface area contributed by atoms with E-state index in [1.165, 1.54) is 11.1 Å². The average molecular weight is 443 g/mol. The van der Waals surface area contributed by atoms with Crippen LogP contribution in [0.3, 0.4) is 0 Å². The van der Waals surface area contributed by atoms with Crippen LogP contribution < -0.4 is 5.32 Å². The van der Waals surface area contributed by atoms with Crippen molar-refractivity contribution in [1.29, 1.82) is 0 Å². The van der Waals surface area contributed by atoms with Crippen LogP contribution in [0.5, 0.6) is 0 Å². The van der Waals surface area contributed by atoms with E-state index in [2.05, 4.69) is 17.4 Å². The molecule has 4 rings (SSSR count). The molecule has 7 heteroatoms. The highest BCUT2D eigenvalue weighted by Gasteiger charge is 2.43. The first-order chi connectivity index (χ1) is 15.0. The molecule has 2 aliphatic heterocycles. The number of hydrogen-bond acceptors (Lipinski definition) is 4. The summed E-state index contributed by atoms with van der Waals surface area (Å²) in [5, 5.41) is 12.9. The van der Waals surface area contributed by atoms with E-state index in [0.29, 0.717) is 31.1 Å². The lowest BCUT2D eigenvalue weighted by molar-refractivity contribution is -0.137. The normalized spacial score (nSPS) is 18.0. The molecule has 2 heterocycles. The Morgan fingerprint density at radius 3 is 2.55 bits per heavy atom. The Morgan fingerprint density at radius 1 is 1.13 bits per heavy atom. The van der Waals surface area contributed by atoms with Crippen LogP contribution in [0.4, 0.5) is 0 Å². The van der Waals surface area contributed by atoms with E-state index in [9.17, 15) is 9.59 Å². The molecular weight excluding hydrogens is 416 g/mol. The molecule has 6 nitrogen and oxygen atoms in total. The maximum atomic E-state index is 12.9. The van der Waals surface area contributed by atoms with Gasteiger partial charge in [-0.3, -0.25) is 9.59 Å². The van der Waals surface area contributed by atoms with Gasteiger partial charge in [-0.25, -0.2) is 0 Å². The highest BCUT2D eigenvalue weighted by molar-refractivity contribution is 6.30. The second-order valence-electron chi connectivity index (χ2n) is 8.24. The Hall–Kier alpha value is -2.41. The van der Waals surface area contributed by atoms with Crippen LogP contribution in [0.15, 0.2) is 48.5 Å². The highest BCUT2D eigenvalue weighted by Crippen LogP contribution is 2.43. The Balaban J connectivity index is 1.34. The van der Waals surface area contributed by atoms with E-state index in [-0.39, 0.29) is 30.5 Å². The van der Waals surface area contributed by atoms with Crippen molar-refractivity contribution in [3.05, 3.63) is 70.2 Å². The van der Waals surface area contributed by atoms with Crippen molar-refractivity contribution in [2.75, 3.05) is 19.6 Å². The van der Waals surface area contributed by atoms with Crippen molar-refractivity contribution in [3.63, 3.8) is 0 Å². The first-order valence-electron chi connectivity index (χ1n) is 10.7. The maximum Gasteiger partial charge on any atom is 0.303 e. The quantitative estimate of drug-likeness (QED) is 0.680. The number of carbonyl (C=O) groups excluding carboxylic acids is 1. The van der Waals surface area contributed by atoms with Crippen LogP contribution in [0.2, 0.25) is 5.02 Å². The fourth-order valence-electron chi connectivity index (χ4n) is 4.59. The van der Waals surface area contributed by atoms with E-state index >= 15 is 0 Å². The molecule has 2 aliphatic rings. The predicted molar refractivity (Wildman–Crippen MR) is 118 cm³/mol. The zero-order valence-corrected chi connectivity index (χ0v) is 18.1. The van der Waals surface area contributed by atoms with Gasteiger partial charge in [0, 0.05) is 30.6 Å². The molecule has 1 amide bonds. The smallest absolute Gasteiger partial charge is 0.303 e. The number of hydrogen-bond donors (Lipinski definition) is 2. The third-order valence-corrected chi connectivity index (χ3v) is 6.61. The Bertz CT molecular complexity index is 939. The Kier molecular flexibility index (Phi) is 6.60. The predicted octanol–water partition coefficient (Wildman–Crippen LogP) is 3.88. The summed E-state index contributed by atoms with van der Waals surface area (Å²) in [6.45, 7) is 2.10. The van der Waals surface area contributed by atoms with Crippen molar-refractivity contribution in [2.24, 2.45) is 0 Å². The SMILES string of the molecule is O=C(O)CC[C@H](NCC(=O)N1CCC2(CC1)OCc1ccccc12)c1ccc(Cl)cc1. The Morgan fingerprint density at radius 2 is 1.84 bits per heavy atom. The van der Waals surface area contributed by atoms with Crippen LogP contribution in [0.1, 0.15) is 48.4 Å². The number of aliphatic carboxylic acids is 1. The van der Waals surface area contributed by atoms with E-state index in [1.54, 1.807) is 12.1 Å². The van der Waals surface area contributed by atoms with Gasteiger partial charge in [0.2, 0.25) is 5.91 Å². The number of likely N-dealkylation sites (tertiary alicyclic amines) is 1. The number of nitrogens with zero attached hydrogens (tertiary/aromatic N) is 1. The van der Waals surface area contributed by atoms with Gasteiger partial charge in [-0.05, 0) is 48.1 Å². The molecule has 1 spiro atoms. The molecule has 1 saturated heterocycles. The standard InChI is InChI=1S/C24H27ClN2O4/c25-19-7-5-17(6-8-19)21(9-10-23(29)30)26-15-22(28)27-13-11-24(12-14-27)20-4-2-1-3-18(20)16-31-24/h1-8,21,26H,9-16H2,(H,29,30)/t21-/m0/s1. The summed E-state index contributed by atoms with van der Waals surface area (Å²) >= 11 is 5.97. The fraction of sp³-hybridized carbons (Fsp3) is 0.417. The molecule has 2 aromatic rings. The van der Waals surface area contributed by atoms with E-state index in [1.807, 2.05) is 29.2 Å². The number of amides is 1. The second kappa shape index (κ2) is 9.39. The number of benzene rings is 2. The zero-order valence-electron chi connectivity index (χ0n) is 17.4. The molecule has 1 atom stereocenters. The van der Waals surface area contributed by atoms with Gasteiger partial charge in [0.25, 0.3) is 0 Å². The minimum atomic E-state index is -0.856. The molecule has 2 aromatic carbocycles. The zero-order chi connectivity index (χ0) is 21.8. The molecule has 0 unspecified atom stereocenters. The maximum absolute atomic E-state index is 12.9. The van der Waals surface area contributed by atoms with E-state index in [4.69, 9.17) is 21.4 Å². The van der Waals surface area contributed by atoms with Crippen LogP contribution >= 0.6 is 11.6 Å². The number of carboxylic acids is 1. The largest absolute Gasteiger partial charge is 0.481 e. The number of rotatable bonds is 7. The highest BCUT2D eigenvalue weighted by atomic mass is 35.5. The first kappa shape index (κ1) is 21.8. The summed E-state index contributed by atoms with van der Waals surface area (Å²) in [6, 6.07) is 15.4. The van der Waals surface area contributed by atoms with Crippen LogP contribution in [0, 0.1) is 0 Å². The van der Waals surface area contributed by atoms with Crippen LogP contribution in [0.25, 0.3) is 0 Å². The number of halogens is 1. The first-order valence-corrected chi connectivity index (χ1v) is 11.1. The number of nitrogens with one attached hydrogen (secondary N) is 1. The number of ether oxygens (including phenoxy) is 1. The number of piperidine rings is 1. The van der Waals surface area contributed by atoms with Crippen molar-refractivity contribution < 1.29 is 19.4 Å². The number of carbonyl (C=O) groups is 2. The van der Waals surface area contributed by atoms with Gasteiger partial charge >= 0.3 is 5.97 Å². The summed E-state index contributed by atoms with van der Waals surface area (Å²) in [7, 11) is 0. The van der Waals surface area contributed by atoms with Gasteiger partial charge in [-0.2, -0.15) is 0 Å². The molecule has 0 bridgehead atoms. The molecule has 164 valence electrons. The summed E-state index contributed by atoms with van der Waals surface area (Å²) < 4.78 is 6.18. The van der Waals surface area contributed by atoms with Gasteiger partial charge in [0.05, 0.1) is 18.8 Å². The molecule has 31 heavy (non-hydrogen) atoms. The van der Waals surface area contributed by atoms with Crippen molar-refractivity contribution >= 4 is 23.5 Å². The fourth-order valence-corrected chi connectivity index (χ4v) is 4.71. The van der Waals surface area contributed by atoms with E-state index in [0.717, 1.165) is 18.4 Å². The molecule has 0 aromatic heterocycles. The van der Waals surface area contributed by atoms with Crippen molar-refractivity contribution in [2.45, 2.75) is 43.9 Å². The lowest BCUT2D eigenvalue weighted by atomic mass is 9.84.